The molecule has 0 saturated heterocycles. The Morgan fingerprint density at radius 3 is 2.43 bits per heavy atom. The van der Waals surface area contributed by atoms with Crippen LogP contribution in [-0.2, 0) is 4.79 Å². The number of hydrogen-bond acceptors (Lipinski definition) is 3. The molecule has 0 unspecified atom stereocenters. The first-order valence-corrected chi connectivity index (χ1v) is 7.83. The first-order chi connectivity index (χ1) is 10.4. The van der Waals surface area contributed by atoms with Gasteiger partial charge in [0.1, 0.15) is 0 Å². The molecule has 1 aromatic carbocycles. The predicted octanol–water partition coefficient (Wildman–Crippen LogP) is 2.74. The summed E-state index contributed by atoms with van der Waals surface area (Å²) in [4.78, 5) is 23.8. The van der Waals surface area contributed by atoms with Crippen molar-refractivity contribution in [2.24, 2.45) is 5.92 Å². The Bertz CT molecular complexity index is 519. The summed E-state index contributed by atoms with van der Waals surface area (Å²) in [6, 6.07) is 5.32. The number of rotatable bonds is 8. The Kier molecular flexibility index (Phi) is 10.3. The van der Waals surface area contributed by atoms with E-state index in [-0.39, 0.29) is 24.2 Å². The highest BCUT2D eigenvalue weighted by atomic mass is 35.5. The van der Waals surface area contributed by atoms with E-state index in [1.807, 2.05) is 27.7 Å². The van der Waals surface area contributed by atoms with Gasteiger partial charge in [-0.2, -0.15) is 0 Å². The van der Waals surface area contributed by atoms with Crippen molar-refractivity contribution in [3.63, 3.8) is 0 Å². The molecule has 0 radical (unpaired) electrons. The third-order valence-electron chi connectivity index (χ3n) is 3.19. The molecule has 0 aromatic heterocycles. The lowest BCUT2D eigenvalue weighted by Gasteiger charge is -2.11. The summed E-state index contributed by atoms with van der Waals surface area (Å²) in [5.74, 6) is 0.226. The van der Waals surface area contributed by atoms with Crippen molar-refractivity contribution in [1.82, 2.24) is 10.6 Å². The maximum Gasteiger partial charge on any atom is 0.251 e. The van der Waals surface area contributed by atoms with E-state index in [0.29, 0.717) is 24.4 Å². The maximum absolute atomic E-state index is 12.0. The second-order valence-corrected chi connectivity index (χ2v) is 5.79. The molecule has 0 saturated carbocycles. The second-order valence-electron chi connectivity index (χ2n) is 5.79. The Morgan fingerprint density at radius 1 is 1.17 bits per heavy atom. The van der Waals surface area contributed by atoms with Crippen LogP contribution in [0, 0.1) is 12.8 Å². The molecule has 1 rings (SSSR count). The predicted molar refractivity (Wildman–Crippen MR) is 97.4 cm³/mol. The van der Waals surface area contributed by atoms with Crippen molar-refractivity contribution in [2.75, 3.05) is 25.0 Å². The normalized spacial score (nSPS) is 10.1. The fraction of sp³-hybridized carbons (Fsp3) is 0.529. The van der Waals surface area contributed by atoms with Crippen LogP contribution in [0.25, 0.3) is 0 Å². The fourth-order valence-electron chi connectivity index (χ4n) is 2.06. The van der Waals surface area contributed by atoms with Crippen molar-refractivity contribution in [3.05, 3.63) is 29.3 Å². The van der Waals surface area contributed by atoms with Gasteiger partial charge in [0.2, 0.25) is 5.91 Å². The summed E-state index contributed by atoms with van der Waals surface area (Å²) in [6.07, 6.45) is 0.492. The van der Waals surface area contributed by atoms with E-state index in [2.05, 4.69) is 16.0 Å². The summed E-state index contributed by atoms with van der Waals surface area (Å²) in [6.45, 7) is 10.2. The van der Waals surface area contributed by atoms with Gasteiger partial charge >= 0.3 is 0 Å². The zero-order valence-electron chi connectivity index (χ0n) is 14.4. The molecule has 0 fully saturated rings. The van der Waals surface area contributed by atoms with Gasteiger partial charge in [-0.25, -0.2) is 0 Å². The molecule has 5 nitrogen and oxygen atoms in total. The van der Waals surface area contributed by atoms with Crippen LogP contribution in [0.5, 0.6) is 0 Å². The van der Waals surface area contributed by atoms with Crippen molar-refractivity contribution in [1.29, 1.82) is 0 Å². The van der Waals surface area contributed by atoms with E-state index in [4.69, 9.17) is 0 Å². The van der Waals surface area contributed by atoms with E-state index < -0.39 is 0 Å². The van der Waals surface area contributed by atoms with Crippen LogP contribution in [0.4, 0.5) is 5.69 Å². The lowest BCUT2D eigenvalue weighted by Crippen LogP contribution is -2.31. The van der Waals surface area contributed by atoms with E-state index >= 15 is 0 Å². The number of nitrogens with one attached hydrogen (secondary N) is 3. The maximum atomic E-state index is 12.0. The van der Waals surface area contributed by atoms with Gasteiger partial charge in [0.25, 0.3) is 5.91 Å². The van der Waals surface area contributed by atoms with Gasteiger partial charge in [-0.15, -0.1) is 12.4 Å². The molecule has 2 amide bonds. The molecule has 0 aliphatic rings. The minimum absolute atomic E-state index is 0. The van der Waals surface area contributed by atoms with Crippen molar-refractivity contribution in [3.8, 4) is 0 Å². The smallest absolute Gasteiger partial charge is 0.251 e. The minimum Gasteiger partial charge on any atom is -0.351 e. The third-order valence-corrected chi connectivity index (χ3v) is 3.19. The standard InChI is InChI=1S/C17H27N3O2.ClH/c1-5-18-8-9-19-17(22)14-6-7-15(13(4)11-14)20-16(21)10-12(2)3;/h6-7,11-12,18H,5,8-10H2,1-4H3,(H,19,22)(H,20,21);1H. The molecule has 0 spiro atoms. The average molecular weight is 342 g/mol. The number of likely N-dealkylation sites (N-methyl/N-ethyl adjacent to an activating group) is 1. The van der Waals surface area contributed by atoms with Gasteiger partial charge in [-0.1, -0.05) is 20.8 Å². The molecule has 0 bridgehead atoms. The molecule has 0 aliphatic carbocycles. The highest BCUT2D eigenvalue weighted by molar-refractivity contribution is 5.96. The van der Waals surface area contributed by atoms with E-state index in [9.17, 15) is 9.59 Å². The average Bonchev–Trinajstić information content (AvgIpc) is 2.44. The van der Waals surface area contributed by atoms with Crippen LogP contribution in [0.15, 0.2) is 18.2 Å². The molecule has 0 heterocycles. The van der Waals surface area contributed by atoms with Gasteiger partial charge in [-0.3, -0.25) is 9.59 Å². The van der Waals surface area contributed by atoms with Crippen LogP contribution in [0.1, 0.15) is 43.1 Å². The highest BCUT2D eigenvalue weighted by Gasteiger charge is 2.10. The zero-order chi connectivity index (χ0) is 16.5. The summed E-state index contributed by atoms with van der Waals surface area (Å²) in [7, 11) is 0. The number of halogens is 1. The lowest BCUT2D eigenvalue weighted by molar-refractivity contribution is -0.116. The molecular formula is C17H28ClN3O2. The van der Waals surface area contributed by atoms with Crippen molar-refractivity contribution < 1.29 is 9.59 Å². The van der Waals surface area contributed by atoms with Crippen molar-refractivity contribution in [2.45, 2.75) is 34.1 Å². The monoisotopic (exact) mass is 341 g/mol. The molecule has 0 atom stereocenters. The van der Waals surface area contributed by atoms with E-state index in [0.717, 1.165) is 24.3 Å². The van der Waals surface area contributed by atoms with Crippen LogP contribution < -0.4 is 16.0 Å². The topological polar surface area (TPSA) is 70.2 Å². The first-order valence-electron chi connectivity index (χ1n) is 7.83. The van der Waals surface area contributed by atoms with Gasteiger partial charge in [-0.05, 0) is 43.1 Å². The molecule has 3 N–H and O–H groups in total. The van der Waals surface area contributed by atoms with E-state index in [1.54, 1.807) is 18.2 Å². The molecule has 23 heavy (non-hydrogen) atoms. The zero-order valence-corrected chi connectivity index (χ0v) is 15.2. The SMILES string of the molecule is CCNCCNC(=O)c1ccc(NC(=O)CC(C)C)c(C)c1.Cl. The van der Waals surface area contributed by atoms with Gasteiger partial charge in [0.05, 0.1) is 0 Å². The van der Waals surface area contributed by atoms with Gasteiger partial charge < -0.3 is 16.0 Å². The quantitative estimate of drug-likeness (QED) is 0.637. The number of carbonyl (C=O) groups is 2. The summed E-state index contributed by atoms with van der Waals surface area (Å²) >= 11 is 0. The fourth-order valence-corrected chi connectivity index (χ4v) is 2.06. The summed E-state index contributed by atoms with van der Waals surface area (Å²) in [5.41, 5.74) is 2.25. The Morgan fingerprint density at radius 2 is 1.87 bits per heavy atom. The largest absolute Gasteiger partial charge is 0.351 e. The molecule has 130 valence electrons. The highest BCUT2D eigenvalue weighted by Crippen LogP contribution is 2.17. The second kappa shape index (κ2) is 11.0. The van der Waals surface area contributed by atoms with Gasteiger partial charge in [0, 0.05) is 30.8 Å². The molecule has 0 aliphatic heterocycles. The van der Waals surface area contributed by atoms with Crippen LogP contribution in [0.2, 0.25) is 0 Å². The van der Waals surface area contributed by atoms with Crippen molar-refractivity contribution >= 4 is 29.9 Å². The Hall–Kier alpha value is -1.59. The Labute approximate surface area is 145 Å². The number of amides is 2. The third kappa shape index (κ3) is 8.00. The number of aryl methyl sites for hydroxylation is 1. The summed E-state index contributed by atoms with van der Waals surface area (Å²) < 4.78 is 0. The lowest BCUT2D eigenvalue weighted by atomic mass is 10.1. The number of carbonyl (C=O) groups excluding carboxylic acids is 2. The summed E-state index contributed by atoms with van der Waals surface area (Å²) in [5, 5.41) is 8.90. The molecule has 6 heteroatoms. The van der Waals surface area contributed by atoms with Crippen LogP contribution in [0.3, 0.4) is 0 Å². The number of hydrogen-bond donors (Lipinski definition) is 3. The first kappa shape index (κ1) is 21.4. The van der Waals surface area contributed by atoms with E-state index in [1.165, 1.54) is 0 Å². The molecular weight excluding hydrogens is 314 g/mol. The molecule has 1 aromatic rings. The van der Waals surface area contributed by atoms with Crippen LogP contribution >= 0.6 is 12.4 Å². The minimum atomic E-state index is -0.0962. The van der Waals surface area contributed by atoms with Gasteiger partial charge in [0.15, 0.2) is 0 Å². The number of benzene rings is 1. The number of anilines is 1. The Balaban J connectivity index is 0.00000484. The van der Waals surface area contributed by atoms with Crippen LogP contribution in [-0.4, -0.2) is 31.4 Å².